The van der Waals surface area contributed by atoms with E-state index in [2.05, 4.69) is 107 Å². The van der Waals surface area contributed by atoms with Gasteiger partial charge in [-0.05, 0) is 80.3 Å². The van der Waals surface area contributed by atoms with E-state index < -0.39 is 0 Å². The average molecular weight is 482 g/mol. The molecule has 3 heteroatoms. The molecular formula is C32H51NO2. The highest BCUT2D eigenvalue weighted by molar-refractivity contribution is 5.51. The molecule has 0 saturated carbocycles. The van der Waals surface area contributed by atoms with Gasteiger partial charge in [0.15, 0.2) is 0 Å². The summed E-state index contributed by atoms with van der Waals surface area (Å²) < 4.78 is 0. The van der Waals surface area contributed by atoms with Gasteiger partial charge in [0, 0.05) is 0 Å². The molecule has 0 radical (unpaired) electrons. The van der Waals surface area contributed by atoms with E-state index >= 15 is 0 Å². The van der Waals surface area contributed by atoms with Crippen LogP contribution in [0, 0.1) is 5.92 Å². The Labute approximate surface area is 215 Å². The standard InChI is InChI=1S/C32H51NO2/c1-29(2,3)23-15-20(16-24(27(23)34)30(4,5)6)13-22(19-33)14-21-17-25(31(7,8)9)28(35)26(18-21)32(10,11)12/h15-18,22,34-35H,13-14,19,33H2,1-12H3. The maximum Gasteiger partial charge on any atom is 0.123 e. The van der Waals surface area contributed by atoms with Gasteiger partial charge in [-0.3, -0.25) is 0 Å². The predicted molar refractivity (Wildman–Crippen MR) is 151 cm³/mol. The Kier molecular flexibility index (Phi) is 8.19. The maximum absolute atomic E-state index is 11.1. The van der Waals surface area contributed by atoms with Crippen molar-refractivity contribution >= 4 is 0 Å². The van der Waals surface area contributed by atoms with Gasteiger partial charge in [-0.1, -0.05) is 107 Å². The van der Waals surface area contributed by atoms with Gasteiger partial charge in [0.25, 0.3) is 0 Å². The Bertz CT molecular complexity index is 884. The van der Waals surface area contributed by atoms with Crippen LogP contribution >= 0.6 is 0 Å². The van der Waals surface area contributed by atoms with Gasteiger partial charge in [-0.15, -0.1) is 0 Å². The van der Waals surface area contributed by atoms with Crippen LogP contribution in [0.5, 0.6) is 11.5 Å². The molecule has 0 unspecified atom stereocenters. The Morgan fingerprint density at radius 2 is 0.771 bits per heavy atom. The molecule has 0 aliphatic carbocycles. The zero-order chi connectivity index (χ0) is 27.1. The van der Waals surface area contributed by atoms with E-state index in [0.29, 0.717) is 18.0 Å². The summed E-state index contributed by atoms with van der Waals surface area (Å²) in [6, 6.07) is 8.69. The fourth-order valence-electron chi connectivity index (χ4n) is 4.82. The summed E-state index contributed by atoms with van der Waals surface area (Å²) in [6.07, 6.45) is 1.69. The van der Waals surface area contributed by atoms with Crippen LogP contribution in [-0.2, 0) is 34.5 Å². The normalized spacial score (nSPS) is 13.5. The second-order valence-electron chi connectivity index (χ2n) is 14.6. The van der Waals surface area contributed by atoms with E-state index in [1.54, 1.807) is 0 Å². The molecule has 35 heavy (non-hydrogen) atoms. The third-order valence-electron chi connectivity index (χ3n) is 6.95. The monoisotopic (exact) mass is 481 g/mol. The largest absolute Gasteiger partial charge is 0.507 e. The first-order valence-corrected chi connectivity index (χ1v) is 13.1. The van der Waals surface area contributed by atoms with Gasteiger partial charge in [0.1, 0.15) is 11.5 Å². The molecule has 3 nitrogen and oxygen atoms in total. The number of phenols is 2. The Hall–Kier alpha value is -2.00. The van der Waals surface area contributed by atoms with Gasteiger partial charge in [0.2, 0.25) is 0 Å². The van der Waals surface area contributed by atoms with Crippen LogP contribution in [0.3, 0.4) is 0 Å². The quantitative estimate of drug-likeness (QED) is 0.411. The minimum atomic E-state index is -0.154. The van der Waals surface area contributed by atoms with Crippen LogP contribution in [0.4, 0.5) is 0 Å². The van der Waals surface area contributed by atoms with E-state index in [-0.39, 0.29) is 27.6 Å². The predicted octanol–water partition coefficient (Wildman–Crippen LogP) is 7.65. The van der Waals surface area contributed by atoms with E-state index in [9.17, 15) is 10.2 Å². The van der Waals surface area contributed by atoms with Gasteiger partial charge in [0.05, 0.1) is 0 Å². The molecule has 0 heterocycles. The van der Waals surface area contributed by atoms with Crippen molar-refractivity contribution in [3.05, 3.63) is 57.6 Å². The molecule has 0 atom stereocenters. The number of phenolic OH excluding ortho intramolecular Hbond substituents is 2. The van der Waals surface area contributed by atoms with Crippen molar-refractivity contribution < 1.29 is 10.2 Å². The number of rotatable bonds is 5. The molecule has 0 spiro atoms. The highest BCUT2D eigenvalue weighted by Crippen LogP contribution is 2.42. The second-order valence-corrected chi connectivity index (χ2v) is 14.6. The van der Waals surface area contributed by atoms with Crippen LogP contribution in [0.15, 0.2) is 24.3 Å². The Morgan fingerprint density at radius 3 is 0.943 bits per heavy atom. The number of aromatic hydroxyl groups is 2. The van der Waals surface area contributed by atoms with Crippen molar-refractivity contribution in [2.24, 2.45) is 11.7 Å². The number of benzene rings is 2. The van der Waals surface area contributed by atoms with Crippen molar-refractivity contribution in [1.82, 2.24) is 0 Å². The SMILES string of the molecule is CC(C)(C)c1cc(CC(CN)Cc2cc(C(C)(C)C)c(O)c(C(C)(C)C)c2)cc(C(C)(C)C)c1O. The summed E-state index contributed by atoms with van der Waals surface area (Å²) in [6.45, 7) is 26.4. The summed E-state index contributed by atoms with van der Waals surface area (Å²) in [5.74, 6) is 1.09. The van der Waals surface area contributed by atoms with Crippen molar-refractivity contribution in [2.75, 3.05) is 6.54 Å². The van der Waals surface area contributed by atoms with E-state index in [1.165, 1.54) is 11.1 Å². The molecule has 2 aromatic rings. The lowest BCUT2D eigenvalue weighted by molar-refractivity contribution is 0.421. The summed E-state index contributed by atoms with van der Waals surface area (Å²) in [4.78, 5) is 0. The summed E-state index contributed by atoms with van der Waals surface area (Å²) in [5.41, 5.74) is 12.1. The minimum Gasteiger partial charge on any atom is -0.507 e. The molecule has 0 saturated heterocycles. The zero-order valence-electron chi connectivity index (χ0n) is 24.5. The average Bonchev–Trinajstić information content (AvgIpc) is 2.66. The van der Waals surface area contributed by atoms with Crippen molar-refractivity contribution in [2.45, 2.75) is 118 Å². The zero-order valence-corrected chi connectivity index (χ0v) is 24.5. The summed E-state index contributed by atoms with van der Waals surface area (Å²) in [7, 11) is 0. The first-order valence-electron chi connectivity index (χ1n) is 13.1. The lowest BCUT2D eigenvalue weighted by Crippen LogP contribution is -2.23. The third-order valence-corrected chi connectivity index (χ3v) is 6.95. The molecule has 0 aliphatic heterocycles. The Morgan fingerprint density at radius 1 is 0.543 bits per heavy atom. The number of hydrogen-bond donors (Lipinski definition) is 3. The van der Waals surface area contributed by atoms with E-state index in [4.69, 9.17) is 5.73 Å². The molecule has 0 amide bonds. The lowest BCUT2D eigenvalue weighted by Gasteiger charge is -2.30. The van der Waals surface area contributed by atoms with Crippen molar-refractivity contribution in [3.63, 3.8) is 0 Å². The minimum absolute atomic E-state index is 0.154. The van der Waals surface area contributed by atoms with Crippen LogP contribution < -0.4 is 5.73 Å². The van der Waals surface area contributed by atoms with E-state index in [1.807, 2.05) is 0 Å². The van der Waals surface area contributed by atoms with Gasteiger partial charge >= 0.3 is 0 Å². The van der Waals surface area contributed by atoms with Gasteiger partial charge in [-0.25, -0.2) is 0 Å². The first kappa shape index (κ1) is 29.2. The van der Waals surface area contributed by atoms with Crippen molar-refractivity contribution in [3.8, 4) is 11.5 Å². The molecular weight excluding hydrogens is 430 g/mol. The fraction of sp³-hybridized carbons (Fsp3) is 0.625. The molecule has 2 aromatic carbocycles. The molecule has 0 aliphatic rings. The molecule has 0 bridgehead atoms. The highest BCUT2D eigenvalue weighted by atomic mass is 16.3. The fourth-order valence-corrected chi connectivity index (χ4v) is 4.82. The first-order chi connectivity index (χ1) is 15.7. The molecule has 2 rings (SSSR count). The third kappa shape index (κ3) is 7.03. The second kappa shape index (κ2) is 9.81. The van der Waals surface area contributed by atoms with E-state index in [0.717, 1.165) is 35.1 Å². The molecule has 0 fully saturated rings. The number of hydrogen-bond acceptors (Lipinski definition) is 3. The maximum atomic E-state index is 11.1. The van der Waals surface area contributed by atoms with Crippen LogP contribution in [-0.4, -0.2) is 16.8 Å². The van der Waals surface area contributed by atoms with Crippen LogP contribution in [0.1, 0.15) is 116 Å². The Balaban J connectivity index is 2.54. The smallest absolute Gasteiger partial charge is 0.123 e. The van der Waals surface area contributed by atoms with Crippen LogP contribution in [0.2, 0.25) is 0 Å². The van der Waals surface area contributed by atoms with Crippen molar-refractivity contribution in [1.29, 1.82) is 0 Å². The molecule has 0 aromatic heterocycles. The summed E-state index contributed by atoms with van der Waals surface area (Å²) >= 11 is 0. The lowest BCUT2D eigenvalue weighted by atomic mass is 9.76. The summed E-state index contributed by atoms with van der Waals surface area (Å²) in [5, 5.41) is 22.2. The molecule has 4 N–H and O–H groups in total. The molecule has 196 valence electrons. The topological polar surface area (TPSA) is 66.5 Å². The van der Waals surface area contributed by atoms with Gasteiger partial charge in [-0.2, -0.15) is 0 Å². The van der Waals surface area contributed by atoms with Crippen LogP contribution in [0.25, 0.3) is 0 Å². The van der Waals surface area contributed by atoms with Gasteiger partial charge < -0.3 is 15.9 Å². The number of nitrogens with two attached hydrogens (primary N) is 1. The highest BCUT2D eigenvalue weighted by Gasteiger charge is 2.29.